The first-order chi connectivity index (χ1) is 15.8. The van der Waals surface area contributed by atoms with Crippen LogP contribution in [0.2, 0.25) is 5.02 Å². The SMILES string of the molecule is CN(C)S(=O)(=O)c1ccc(C(=O)NCCN2CCN(c3nc4c(Cl)cccc4s3)CC2)cc1. The zero-order valence-corrected chi connectivity index (χ0v) is 20.9. The van der Waals surface area contributed by atoms with Crippen LogP contribution in [0.5, 0.6) is 0 Å². The fraction of sp³-hybridized carbons (Fsp3) is 0.364. The van der Waals surface area contributed by atoms with Gasteiger partial charge in [0.15, 0.2) is 5.13 Å². The number of aromatic nitrogens is 1. The topological polar surface area (TPSA) is 85.8 Å². The molecule has 3 aromatic rings. The first-order valence-electron chi connectivity index (χ1n) is 10.6. The van der Waals surface area contributed by atoms with Crippen LogP contribution >= 0.6 is 22.9 Å². The molecule has 4 rings (SSSR count). The smallest absolute Gasteiger partial charge is 0.251 e. The molecule has 0 aliphatic carbocycles. The van der Waals surface area contributed by atoms with E-state index in [9.17, 15) is 13.2 Å². The highest BCUT2D eigenvalue weighted by atomic mass is 35.5. The minimum atomic E-state index is -3.50. The highest BCUT2D eigenvalue weighted by Crippen LogP contribution is 2.33. The van der Waals surface area contributed by atoms with Gasteiger partial charge in [0.05, 0.1) is 14.6 Å². The van der Waals surface area contributed by atoms with Gasteiger partial charge in [-0.15, -0.1) is 0 Å². The molecular weight excluding hydrogens is 482 g/mol. The van der Waals surface area contributed by atoms with Crippen molar-refractivity contribution in [2.75, 3.05) is 58.3 Å². The van der Waals surface area contributed by atoms with Gasteiger partial charge in [0.1, 0.15) is 5.52 Å². The van der Waals surface area contributed by atoms with Crippen molar-refractivity contribution in [1.82, 2.24) is 19.5 Å². The van der Waals surface area contributed by atoms with Crippen LogP contribution in [0.1, 0.15) is 10.4 Å². The van der Waals surface area contributed by atoms with E-state index in [-0.39, 0.29) is 10.8 Å². The Kier molecular flexibility index (Phi) is 7.20. The highest BCUT2D eigenvalue weighted by molar-refractivity contribution is 7.89. The molecule has 11 heteroatoms. The van der Waals surface area contributed by atoms with Crippen molar-refractivity contribution < 1.29 is 13.2 Å². The first-order valence-corrected chi connectivity index (χ1v) is 13.2. The molecular formula is C22H26ClN5O3S2. The number of sulfonamides is 1. The Morgan fingerprint density at radius 1 is 1.12 bits per heavy atom. The van der Waals surface area contributed by atoms with Crippen LogP contribution < -0.4 is 10.2 Å². The molecule has 1 aliphatic heterocycles. The summed E-state index contributed by atoms with van der Waals surface area (Å²) >= 11 is 7.91. The lowest BCUT2D eigenvalue weighted by atomic mass is 10.2. The maximum atomic E-state index is 12.4. The van der Waals surface area contributed by atoms with Crippen molar-refractivity contribution in [2.24, 2.45) is 0 Å². The summed E-state index contributed by atoms with van der Waals surface area (Å²) in [4.78, 5) is 21.9. The molecule has 0 radical (unpaired) electrons. The van der Waals surface area contributed by atoms with Crippen LogP contribution in [0.25, 0.3) is 10.2 Å². The maximum Gasteiger partial charge on any atom is 0.251 e. The van der Waals surface area contributed by atoms with Crippen molar-refractivity contribution in [3.05, 3.63) is 53.1 Å². The molecule has 2 aromatic carbocycles. The van der Waals surface area contributed by atoms with Gasteiger partial charge in [-0.25, -0.2) is 17.7 Å². The van der Waals surface area contributed by atoms with E-state index in [0.29, 0.717) is 17.1 Å². The molecule has 1 aliphatic rings. The minimum absolute atomic E-state index is 0.164. The van der Waals surface area contributed by atoms with Gasteiger partial charge in [0.2, 0.25) is 10.0 Å². The number of benzene rings is 2. The number of amides is 1. The Bertz CT molecular complexity index is 1240. The van der Waals surface area contributed by atoms with Crippen molar-refractivity contribution in [2.45, 2.75) is 4.90 Å². The largest absolute Gasteiger partial charge is 0.351 e. The van der Waals surface area contributed by atoms with Crippen molar-refractivity contribution in [3.63, 3.8) is 0 Å². The number of hydrogen-bond donors (Lipinski definition) is 1. The zero-order chi connectivity index (χ0) is 23.6. The fourth-order valence-corrected chi connectivity index (χ4v) is 5.84. The molecule has 176 valence electrons. The third-order valence-corrected chi connectivity index (χ3v) is 8.83. The second-order valence-corrected chi connectivity index (χ2v) is 11.5. The predicted octanol–water partition coefficient (Wildman–Crippen LogP) is 2.75. The molecule has 8 nitrogen and oxygen atoms in total. The highest BCUT2D eigenvalue weighted by Gasteiger charge is 2.21. The molecule has 0 saturated carbocycles. The van der Waals surface area contributed by atoms with Gasteiger partial charge >= 0.3 is 0 Å². The van der Waals surface area contributed by atoms with Gasteiger partial charge in [-0.2, -0.15) is 0 Å². The summed E-state index contributed by atoms with van der Waals surface area (Å²) in [5.74, 6) is -0.214. The van der Waals surface area contributed by atoms with Crippen LogP contribution in [-0.2, 0) is 10.0 Å². The summed E-state index contributed by atoms with van der Waals surface area (Å²) in [6.45, 7) is 4.78. The summed E-state index contributed by atoms with van der Waals surface area (Å²) in [7, 11) is -0.552. The van der Waals surface area contributed by atoms with E-state index in [2.05, 4.69) is 15.1 Å². The monoisotopic (exact) mass is 507 g/mol. The number of nitrogens with zero attached hydrogens (tertiary/aromatic N) is 4. The second-order valence-electron chi connectivity index (χ2n) is 7.98. The van der Waals surface area contributed by atoms with Gasteiger partial charge in [-0.3, -0.25) is 9.69 Å². The van der Waals surface area contributed by atoms with E-state index in [4.69, 9.17) is 16.6 Å². The first kappa shape index (κ1) is 23.9. The van der Waals surface area contributed by atoms with Gasteiger partial charge in [0, 0.05) is 58.9 Å². The maximum absolute atomic E-state index is 12.4. The number of thiazole rings is 1. The lowest BCUT2D eigenvalue weighted by Gasteiger charge is -2.34. The quantitative estimate of drug-likeness (QED) is 0.529. The van der Waals surface area contributed by atoms with Gasteiger partial charge in [-0.1, -0.05) is 29.0 Å². The molecule has 0 spiro atoms. The molecule has 0 unspecified atom stereocenters. The van der Waals surface area contributed by atoms with E-state index < -0.39 is 10.0 Å². The Morgan fingerprint density at radius 3 is 2.45 bits per heavy atom. The van der Waals surface area contributed by atoms with Crippen LogP contribution in [0.3, 0.4) is 0 Å². The number of fused-ring (bicyclic) bond motifs is 1. The van der Waals surface area contributed by atoms with Gasteiger partial charge in [-0.05, 0) is 36.4 Å². The van der Waals surface area contributed by atoms with E-state index in [1.807, 2.05) is 18.2 Å². The molecule has 33 heavy (non-hydrogen) atoms. The standard InChI is InChI=1S/C22H26ClN5O3S2/c1-26(2)33(30,31)17-8-6-16(7-9-17)21(29)24-10-11-27-12-14-28(15-13-27)22-25-20-18(23)4-3-5-19(20)32-22/h3-9H,10-15H2,1-2H3,(H,24,29). The van der Waals surface area contributed by atoms with E-state index >= 15 is 0 Å². The van der Waals surface area contributed by atoms with Crippen molar-refractivity contribution >= 4 is 54.2 Å². The van der Waals surface area contributed by atoms with Crippen LogP contribution in [-0.4, -0.2) is 81.9 Å². The summed E-state index contributed by atoms with van der Waals surface area (Å²) in [5.41, 5.74) is 1.30. The number of piperazine rings is 1. The summed E-state index contributed by atoms with van der Waals surface area (Å²) in [5, 5.41) is 4.59. The Morgan fingerprint density at radius 2 is 1.82 bits per heavy atom. The Balaban J connectivity index is 1.24. The lowest BCUT2D eigenvalue weighted by molar-refractivity contribution is 0.0947. The summed E-state index contributed by atoms with van der Waals surface area (Å²) < 4.78 is 26.5. The number of halogens is 1. The zero-order valence-electron chi connectivity index (χ0n) is 18.5. The van der Waals surface area contributed by atoms with Crippen molar-refractivity contribution in [1.29, 1.82) is 0 Å². The molecule has 1 amide bonds. The predicted molar refractivity (Wildman–Crippen MR) is 133 cm³/mol. The van der Waals surface area contributed by atoms with E-state index in [1.54, 1.807) is 11.3 Å². The molecule has 0 atom stereocenters. The van der Waals surface area contributed by atoms with E-state index in [1.165, 1.54) is 38.4 Å². The second kappa shape index (κ2) is 9.94. The number of anilines is 1. The van der Waals surface area contributed by atoms with E-state index in [0.717, 1.165) is 52.4 Å². The fourth-order valence-electron chi connectivity index (χ4n) is 3.62. The van der Waals surface area contributed by atoms with Gasteiger partial charge < -0.3 is 10.2 Å². The molecule has 1 saturated heterocycles. The number of carbonyl (C=O) groups excluding carboxylic acids is 1. The summed E-state index contributed by atoms with van der Waals surface area (Å²) in [6.07, 6.45) is 0. The molecule has 1 aromatic heterocycles. The number of para-hydroxylation sites is 1. The Labute approximate surface area is 202 Å². The van der Waals surface area contributed by atoms with Crippen LogP contribution in [0.4, 0.5) is 5.13 Å². The summed E-state index contributed by atoms with van der Waals surface area (Å²) in [6, 6.07) is 11.8. The van der Waals surface area contributed by atoms with Crippen LogP contribution in [0, 0.1) is 0 Å². The molecule has 1 fully saturated rings. The van der Waals surface area contributed by atoms with Crippen molar-refractivity contribution in [3.8, 4) is 0 Å². The van der Waals surface area contributed by atoms with Gasteiger partial charge in [0.25, 0.3) is 5.91 Å². The average Bonchev–Trinajstić information content (AvgIpc) is 3.25. The average molecular weight is 508 g/mol. The normalized spacial score (nSPS) is 15.3. The number of nitrogens with one attached hydrogen (secondary N) is 1. The minimum Gasteiger partial charge on any atom is -0.351 e. The molecule has 0 bridgehead atoms. The number of rotatable bonds is 7. The third-order valence-electron chi connectivity index (χ3n) is 5.61. The Hall–Kier alpha value is -2.24. The number of hydrogen-bond acceptors (Lipinski definition) is 7. The third kappa shape index (κ3) is 5.30. The molecule has 2 heterocycles. The lowest BCUT2D eigenvalue weighted by Crippen LogP contribution is -2.48. The molecule has 1 N–H and O–H groups in total. The number of carbonyl (C=O) groups is 1. The van der Waals surface area contributed by atoms with Crippen LogP contribution in [0.15, 0.2) is 47.4 Å².